The van der Waals surface area contributed by atoms with Crippen LogP contribution in [0, 0.1) is 0 Å². The third-order valence-corrected chi connectivity index (χ3v) is 4.86. The highest BCUT2D eigenvalue weighted by Crippen LogP contribution is 2.17. The Bertz CT molecular complexity index is 626. The van der Waals surface area contributed by atoms with E-state index in [9.17, 15) is 4.79 Å². The Morgan fingerprint density at radius 1 is 1.38 bits per heavy atom. The lowest BCUT2D eigenvalue weighted by Crippen LogP contribution is -2.48. The molecule has 0 radical (unpaired) electrons. The molecular weight excluding hydrogens is 300 g/mol. The first-order valence-corrected chi connectivity index (χ1v) is 8.76. The third kappa shape index (κ3) is 4.23. The van der Waals surface area contributed by atoms with Crippen LogP contribution in [-0.4, -0.2) is 58.4 Å². The van der Waals surface area contributed by atoms with E-state index in [0.717, 1.165) is 45.3 Å². The normalized spacial score (nSPS) is 18.5. The van der Waals surface area contributed by atoms with E-state index in [-0.39, 0.29) is 11.9 Å². The van der Waals surface area contributed by atoms with E-state index in [1.807, 2.05) is 11.9 Å². The number of aromatic nitrogens is 2. The maximum atomic E-state index is 12.4. The number of piperidine rings is 1. The van der Waals surface area contributed by atoms with E-state index in [2.05, 4.69) is 45.2 Å². The molecule has 24 heavy (non-hydrogen) atoms. The zero-order valence-corrected chi connectivity index (χ0v) is 14.3. The smallest absolute Gasteiger partial charge is 0.271 e. The molecule has 1 amide bonds. The Balaban J connectivity index is 1.48. The maximum Gasteiger partial charge on any atom is 0.271 e. The molecule has 1 unspecified atom stereocenters. The Hall–Kier alpha value is -2.14. The van der Waals surface area contributed by atoms with Crippen molar-refractivity contribution in [1.29, 1.82) is 0 Å². The van der Waals surface area contributed by atoms with E-state index in [1.165, 1.54) is 5.56 Å². The summed E-state index contributed by atoms with van der Waals surface area (Å²) < 4.78 is 0. The van der Waals surface area contributed by atoms with Gasteiger partial charge in [0.15, 0.2) is 0 Å². The fourth-order valence-electron chi connectivity index (χ4n) is 3.43. The number of hydrogen-bond acceptors (Lipinski definition) is 3. The number of rotatable bonds is 6. The Labute approximate surface area is 143 Å². The molecule has 0 aliphatic carbocycles. The van der Waals surface area contributed by atoms with Crippen LogP contribution in [0.1, 0.15) is 35.3 Å². The van der Waals surface area contributed by atoms with Gasteiger partial charge in [0.25, 0.3) is 5.91 Å². The van der Waals surface area contributed by atoms with Gasteiger partial charge in [-0.3, -0.25) is 4.79 Å². The number of amides is 1. The molecular formula is C19H26N4O. The second kappa shape index (κ2) is 8.11. The van der Waals surface area contributed by atoms with Gasteiger partial charge in [0, 0.05) is 19.6 Å². The van der Waals surface area contributed by atoms with E-state index >= 15 is 0 Å². The Morgan fingerprint density at radius 2 is 2.21 bits per heavy atom. The summed E-state index contributed by atoms with van der Waals surface area (Å²) in [5.41, 5.74) is 1.97. The number of H-pyrrole nitrogens is 1. The number of hydrogen-bond donors (Lipinski definition) is 1. The van der Waals surface area contributed by atoms with Crippen molar-refractivity contribution >= 4 is 5.91 Å². The molecule has 1 aliphatic heterocycles. The summed E-state index contributed by atoms with van der Waals surface area (Å²) in [7, 11) is 1.90. The molecule has 2 aromatic rings. The lowest BCUT2D eigenvalue weighted by atomic mass is 10.0. The predicted molar refractivity (Wildman–Crippen MR) is 94.9 cm³/mol. The van der Waals surface area contributed by atoms with Gasteiger partial charge in [-0.2, -0.15) is 0 Å². The quantitative estimate of drug-likeness (QED) is 0.888. The SMILES string of the molecule is CN(C(=O)c1cnc[nH]1)C1CCCN(CCCc2ccccc2)C1. The highest BCUT2D eigenvalue weighted by molar-refractivity contribution is 5.92. The minimum absolute atomic E-state index is 0.0311. The van der Waals surface area contributed by atoms with Crippen LogP contribution in [0.15, 0.2) is 42.9 Å². The monoisotopic (exact) mass is 326 g/mol. The molecule has 1 aromatic carbocycles. The average Bonchev–Trinajstić information content (AvgIpc) is 3.16. The largest absolute Gasteiger partial charge is 0.341 e. The summed E-state index contributed by atoms with van der Waals surface area (Å²) in [4.78, 5) is 23.7. The number of nitrogens with one attached hydrogen (secondary N) is 1. The summed E-state index contributed by atoms with van der Waals surface area (Å²) in [6.07, 6.45) is 7.65. The highest BCUT2D eigenvalue weighted by Gasteiger charge is 2.26. The molecule has 128 valence electrons. The van der Waals surface area contributed by atoms with Crippen LogP contribution in [0.3, 0.4) is 0 Å². The van der Waals surface area contributed by atoms with Crippen molar-refractivity contribution < 1.29 is 4.79 Å². The van der Waals surface area contributed by atoms with Gasteiger partial charge in [-0.25, -0.2) is 4.98 Å². The maximum absolute atomic E-state index is 12.4. The topological polar surface area (TPSA) is 52.2 Å². The molecule has 0 saturated carbocycles. The van der Waals surface area contributed by atoms with E-state index in [1.54, 1.807) is 12.5 Å². The minimum Gasteiger partial charge on any atom is -0.341 e. The summed E-state index contributed by atoms with van der Waals surface area (Å²) in [6.45, 7) is 3.19. The standard InChI is InChI=1S/C19H26N4O/c1-22(19(24)18-13-20-15-21-18)17-10-6-12-23(14-17)11-5-9-16-7-3-2-4-8-16/h2-4,7-8,13,15,17H,5-6,9-12,14H2,1H3,(H,20,21). The van der Waals surface area contributed by atoms with Crippen LogP contribution >= 0.6 is 0 Å². The van der Waals surface area contributed by atoms with Gasteiger partial charge >= 0.3 is 0 Å². The number of likely N-dealkylation sites (tertiary alicyclic amines) is 1. The van der Waals surface area contributed by atoms with Gasteiger partial charge in [0.2, 0.25) is 0 Å². The van der Waals surface area contributed by atoms with E-state index in [0.29, 0.717) is 5.69 Å². The number of aryl methyl sites for hydroxylation is 1. The fraction of sp³-hybridized carbons (Fsp3) is 0.474. The number of nitrogens with zero attached hydrogens (tertiary/aromatic N) is 3. The van der Waals surface area contributed by atoms with Crippen molar-refractivity contribution in [2.45, 2.75) is 31.7 Å². The van der Waals surface area contributed by atoms with Crippen molar-refractivity contribution in [3.63, 3.8) is 0 Å². The fourth-order valence-corrected chi connectivity index (χ4v) is 3.43. The van der Waals surface area contributed by atoms with Crippen LogP contribution in [-0.2, 0) is 6.42 Å². The Kier molecular flexibility index (Phi) is 5.64. The number of imidazole rings is 1. The molecule has 0 spiro atoms. The van der Waals surface area contributed by atoms with Crippen LogP contribution in [0.4, 0.5) is 0 Å². The number of carbonyl (C=O) groups excluding carboxylic acids is 1. The lowest BCUT2D eigenvalue weighted by Gasteiger charge is -2.37. The molecule has 1 atom stereocenters. The number of benzene rings is 1. The molecule has 1 saturated heterocycles. The van der Waals surface area contributed by atoms with Crippen molar-refractivity contribution in [2.75, 3.05) is 26.7 Å². The molecule has 1 aliphatic rings. The van der Waals surface area contributed by atoms with Gasteiger partial charge in [0.05, 0.1) is 12.5 Å². The zero-order valence-electron chi connectivity index (χ0n) is 14.3. The predicted octanol–water partition coefficient (Wildman–Crippen LogP) is 2.58. The summed E-state index contributed by atoms with van der Waals surface area (Å²) in [5, 5.41) is 0. The first-order chi connectivity index (χ1) is 11.7. The highest BCUT2D eigenvalue weighted by atomic mass is 16.2. The molecule has 0 bridgehead atoms. The lowest BCUT2D eigenvalue weighted by molar-refractivity contribution is 0.0612. The molecule has 1 N–H and O–H groups in total. The zero-order chi connectivity index (χ0) is 16.8. The molecule has 5 heteroatoms. The number of aromatic amines is 1. The molecule has 5 nitrogen and oxygen atoms in total. The van der Waals surface area contributed by atoms with Gasteiger partial charge in [-0.15, -0.1) is 0 Å². The van der Waals surface area contributed by atoms with Crippen molar-refractivity contribution in [1.82, 2.24) is 19.8 Å². The summed E-state index contributed by atoms with van der Waals surface area (Å²) in [5.74, 6) is 0.0311. The third-order valence-electron chi connectivity index (χ3n) is 4.86. The second-order valence-electron chi connectivity index (χ2n) is 6.57. The van der Waals surface area contributed by atoms with Crippen LogP contribution in [0.5, 0.6) is 0 Å². The van der Waals surface area contributed by atoms with Crippen molar-refractivity contribution in [3.8, 4) is 0 Å². The first-order valence-electron chi connectivity index (χ1n) is 8.76. The average molecular weight is 326 g/mol. The molecule has 1 aromatic heterocycles. The summed E-state index contributed by atoms with van der Waals surface area (Å²) >= 11 is 0. The van der Waals surface area contributed by atoms with Gasteiger partial charge in [0.1, 0.15) is 5.69 Å². The van der Waals surface area contributed by atoms with Gasteiger partial charge < -0.3 is 14.8 Å². The first kappa shape index (κ1) is 16.7. The number of carbonyl (C=O) groups is 1. The van der Waals surface area contributed by atoms with Gasteiger partial charge in [-0.05, 0) is 44.3 Å². The second-order valence-corrected chi connectivity index (χ2v) is 6.57. The summed E-state index contributed by atoms with van der Waals surface area (Å²) in [6, 6.07) is 10.9. The number of likely N-dealkylation sites (N-methyl/N-ethyl adjacent to an activating group) is 1. The molecule has 1 fully saturated rings. The van der Waals surface area contributed by atoms with Crippen LogP contribution < -0.4 is 0 Å². The molecule has 2 heterocycles. The van der Waals surface area contributed by atoms with E-state index < -0.39 is 0 Å². The van der Waals surface area contributed by atoms with Gasteiger partial charge in [-0.1, -0.05) is 30.3 Å². The Morgan fingerprint density at radius 3 is 2.96 bits per heavy atom. The van der Waals surface area contributed by atoms with Crippen LogP contribution in [0.2, 0.25) is 0 Å². The van der Waals surface area contributed by atoms with Crippen molar-refractivity contribution in [3.05, 3.63) is 54.1 Å². The van der Waals surface area contributed by atoms with Crippen molar-refractivity contribution in [2.24, 2.45) is 0 Å². The minimum atomic E-state index is 0.0311. The van der Waals surface area contributed by atoms with E-state index in [4.69, 9.17) is 0 Å². The van der Waals surface area contributed by atoms with Crippen LogP contribution in [0.25, 0.3) is 0 Å². The molecule has 3 rings (SSSR count).